The van der Waals surface area contributed by atoms with Crippen molar-refractivity contribution in [2.75, 3.05) is 4.72 Å². The number of sulfonamides is 1. The molecule has 0 unspecified atom stereocenters. The van der Waals surface area contributed by atoms with E-state index in [0.29, 0.717) is 18.7 Å². The minimum Gasteiger partial charge on any atom is -0.328 e. The standard InChI is InChI=1S/C23H19FN2O3S3/c24-21-7-1-2-8-22(21)25-32(28,29)20-11-9-17(10-12-20)23(27)26(15-18-5-3-13-30-18)16-19-6-4-14-31-19/h1-14,25H,15-16H2. The van der Waals surface area contributed by atoms with Crippen LogP contribution < -0.4 is 4.72 Å². The number of para-hydroxylation sites is 1. The van der Waals surface area contributed by atoms with Crippen LogP contribution in [-0.2, 0) is 23.1 Å². The first-order chi connectivity index (χ1) is 15.4. The predicted molar refractivity (Wildman–Crippen MR) is 126 cm³/mol. The van der Waals surface area contributed by atoms with Gasteiger partial charge in [0.15, 0.2) is 0 Å². The summed E-state index contributed by atoms with van der Waals surface area (Å²) in [5.41, 5.74) is 0.244. The molecule has 0 radical (unpaired) electrons. The topological polar surface area (TPSA) is 66.5 Å². The van der Waals surface area contributed by atoms with E-state index in [2.05, 4.69) is 4.72 Å². The third-order valence-corrected chi connectivity index (χ3v) is 7.77. The fraction of sp³-hybridized carbons (Fsp3) is 0.0870. The van der Waals surface area contributed by atoms with Crippen molar-refractivity contribution in [2.24, 2.45) is 0 Å². The molecule has 0 saturated heterocycles. The van der Waals surface area contributed by atoms with Gasteiger partial charge in [-0.15, -0.1) is 22.7 Å². The minimum atomic E-state index is -3.99. The van der Waals surface area contributed by atoms with Gasteiger partial charge in [-0.05, 0) is 59.3 Å². The van der Waals surface area contributed by atoms with E-state index in [-0.39, 0.29) is 16.5 Å². The molecule has 32 heavy (non-hydrogen) atoms. The van der Waals surface area contributed by atoms with Crippen LogP contribution in [-0.4, -0.2) is 19.2 Å². The van der Waals surface area contributed by atoms with Crippen molar-refractivity contribution in [3.8, 4) is 0 Å². The lowest BCUT2D eigenvalue weighted by atomic mass is 10.2. The van der Waals surface area contributed by atoms with Gasteiger partial charge in [-0.1, -0.05) is 24.3 Å². The maximum atomic E-state index is 13.8. The molecule has 0 spiro atoms. The van der Waals surface area contributed by atoms with Crippen LogP contribution in [0.5, 0.6) is 0 Å². The second-order valence-electron chi connectivity index (χ2n) is 6.93. The van der Waals surface area contributed by atoms with Gasteiger partial charge in [0.2, 0.25) is 0 Å². The number of nitrogens with one attached hydrogen (secondary N) is 1. The second kappa shape index (κ2) is 9.64. The van der Waals surface area contributed by atoms with Gasteiger partial charge < -0.3 is 4.90 Å². The van der Waals surface area contributed by atoms with Gasteiger partial charge >= 0.3 is 0 Å². The summed E-state index contributed by atoms with van der Waals surface area (Å²) in [6, 6.07) is 19.0. The average molecular weight is 487 g/mol. The van der Waals surface area contributed by atoms with Crippen LogP contribution in [0.25, 0.3) is 0 Å². The Morgan fingerprint density at radius 3 is 1.97 bits per heavy atom. The van der Waals surface area contributed by atoms with Crippen molar-refractivity contribution in [3.05, 3.63) is 105 Å². The highest BCUT2D eigenvalue weighted by atomic mass is 32.2. The van der Waals surface area contributed by atoms with Crippen LogP contribution in [0.4, 0.5) is 10.1 Å². The Hall–Kier alpha value is -3.01. The highest BCUT2D eigenvalue weighted by Crippen LogP contribution is 2.22. The number of rotatable bonds is 8. The van der Waals surface area contributed by atoms with Gasteiger partial charge in [-0.3, -0.25) is 9.52 Å². The molecule has 4 aromatic rings. The van der Waals surface area contributed by atoms with Crippen LogP contribution in [0.15, 0.2) is 88.5 Å². The predicted octanol–water partition coefficient (Wildman–Crippen LogP) is 5.59. The zero-order valence-electron chi connectivity index (χ0n) is 16.8. The normalized spacial score (nSPS) is 11.3. The molecule has 164 valence electrons. The maximum absolute atomic E-state index is 13.8. The quantitative estimate of drug-likeness (QED) is 0.353. The summed E-state index contributed by atoms with van der Waals surface area (Å²) in [4.78, 5) is 17.0. The fourth-order valence-corrected chi connectivity index (χ4v) is 5.59. The van der Waals surface area contributed by atoms with Gasteiger partial charge in [0.25, 0.3) is 15.9 Å². The Bertz CT molecular complexity index is 1250. The molecular formula is C23H19FN2O3S3. The summed E-state index contributed by atoms with van der Waals surface area (Å²) in [6.07, 6.45) is 0. The van der Waals surface area contributed by atoms with E-state index in [1.54, 1.807) is 33.6 Å². The number of benzene rings is 2. The molecule has 9 heteroatoms. The first-order valence-electron chi connectivity index (χ1n) is 9.64. The molecule has 0 atom stereocenters. The highest BCUT2D eigenvalue weighted by Gasteiger charge is 2.20. The first-order valence-corrected chi connectivity index (χ1v) is 12.9. The van der Waals surface area contributed by atoms with Crippen molar-refractivity contribution in [2.45, 2.75) is 18.0 Å². The van der Waals surface area contributed by atoms with E-state index in [9.17, 15) is 17.6 Å². The molecule has 0 saturated carbocycles. The van der Waals surface area contributed by atoms with Crippen LogP contribution in [0.2, 0.25) is 0 Å². The lowest BCUT2D eigenvalue weighted by Crippen LogP contribution is -2.29. The number of amides is 1. The van der Waals surface area contributed by atoms with E-state index >= 15 is 0 Å². The van der Waals surface area contributed by atoms with Gasteiger partial charge in [0, 0.05) is 15.3 Å². The largest absolute Gasteiger partial charge is 0.328 e. The Labute approximate surface area is 193 Å². The van der Waals surface area contributed by atoms with Crippen molar-refractivity contribution in [1.29, 1.82) is 0 Å². The zero-order valence-corrected chi connectivity index (χ0v) is 19.2. The van der Waals surface area contributed by atoms with E-state index < -0.39 is 15.8 Å². The summed E-state index contributed by atoms with van der Waals surface area (Å²) < 4.78 is 41.3. The van der Waals surface area contributed by atoms with Gasteiger partial charge in [0.1, 0.15) is 5.82 Å². The maximum Gasteiger partial charge on any atom is 0.261 e. The Morgan fingerprint density at radius 2 is 1.44 bits per heavy atom. The first kappa shape index (κ1) is 22.2. The molecule has 2 aromatic heterocycles. The average Bonchev–Trinajstić information content (AvgIpc) is 3.49. The Balaban J connectivity index is 1.54. The molecule has 4 rings (SSSR count). The number of carbonyl (C=O) groups excluding carboxylic acids is 1. The van der Waals surface area contributed by atoms with Crippen molar-refractivity contribution >= 4 is 44.3 Å². The molecule has 5 nitrogen and oxygen atoms in total. The molecule has 1 amide bonds. The van der Waals surface area contributed by atoms with Crippen LogP contribution in [0.3, 0.4) is 0 Å². The van der Waals surface area contributed by atoms with E-state index in [1.165, 1.54) is 42.5 Å². The molecule has 0 aliphatic carbocycles. The number of halogens is 1. The number of thiophene rings is 2. The second-order valence-corrected chi connectivity index (χ2v) is 10.7. The van der Waals surface area contributed by atoms with Crippen molar-refractivity contribution in [1.82, 2.24) is 4.90 Å². The van der Waals surface area contributed by atoms with E-state index in [4.69, 9.17) is 0 Å². The summed E-state index contributed by atoms with van der Waals surface area (Å²) in [5, 5.41) is 3.93. The lowest BCUT2D eigenvalue weighted by molar-refractivity contribution is 0.0733. The summed E-state index contributed by atoms with van der Waals surface area (Å²) in [5.74, 6) is -0.863. The highest BCUT2D eigenvalue weighted by molar-refractivity contribution is 7.92. The van der Waals surface area contributed by atoms with E-state index in [0.717, 1.165) is 9.75 Å². The van der Waals surface area contributed by atoms with Crippen molar-refractivity contribution < 1.29 is 17.6 Å². The monoisotopic (exact) mass is 486 g/mol. The summed E-state index contributed by atoms with van der Waals surface area (Å²) in [6.45, 7) is 0.923. The van der Waals surface area contributed by atoms with Gasteiger partial charge in [0.05, 0.1) is 23.7 Å². The number of hydrogen-bond donors (Lipinski definition) is 1. The third kappa shape index (κ3) is 5.24. The minimum absolute atomic E-state index is 0.0552. The third-order valence-electron chi connectivity index (χ3n) is 4.67. The molecule has 2 aromatic carbocycles. The molecule has 0 fully saturated rings. The Morgan fingerprint density at radius 1 is 0.844 bits per heavy atom. The molecule has 1 N–H and O–H groups in total. The molecular weight excluding hydrogens is 467 g/mol. The molecule has 0 aliphatic heterocycles. The molecule has 0 aliphatic rings. The molecule has 0 bridgehead atoms. The zero-order chi connectivity index (χ0) is 22.6. The van der Waals surface area contributed by atoms with Crippen LogP contribution in [0.1, 0.15) is 20.1 Å². The fourth-order valence-electron chi connectivity index (χ4n) is 3.09. The van der Waals surface area contributed by atoms with E-state index in [1.807, 2.05) is 35.0 Å². The SMILES string of the molecule is O=C(c1ccc(S(=O)(=O)Nc2ccccc2F)cc1)N(Cc1cccs1)Cc1cccs1. The lowest BCUT2D eigenvalue weighted by Gasteiger charge is -2.22. The summed E-state index contributed by atoms with van der Waals surface area (Å²) >= 11 is 3.15. The smallest absolute Gasteiger partial charge is 0.261 e. The number of nitrogens with zero attached hydrogens (tertiary/aromatic N) is 1. The summed E-state index contributed by atoms with van der Waals surface area (Å²) in [7, 11) is -3.99. The van der Waals surface area contributed by atoms with Crippen LogP contribution in [0, 0.1) is 5.82 Å². The van der Waals surface area contributed by atoms with Crippen LogP contribution >= 0.6 is 22.7 Å². The van der Waals surface area contributed by atoms with Crippen molar-refractivity contribution in [3.63, 3.8) is 0 Å². The number of hydrogen-bond acceptors (Lipinski definition) is 5. The number of carbonyl (C=O) groups is 1. The number of anilines is 1. The van der Waals surface area contributed by atoms with Gasteiger partial charge in [-0.2, -0.15) is 0 Å². The van der Waals surface area contributed by atoms with Gasteiger partial charge in [-0.25, -0.2) is 12.8 Å². The molecule has 2 heterocycles. The Kier molecular flexibility index (Phi) is 6.69.